The van der Waals surface area contributed by atoms with Crippen LogP contribution in [0.4, 0.5) is 5.82 Å². The number of anilines is 1. The standard InChI is InChI=1S/C9H12N4S/c1-7(6-14-2)12-8-3-4-11-9(5-10)13-8/h3-4,7H,6H2,1-2H3,(H,11,12,13). The summed E-state index contributed by atoms with van der Waals surface area (Å²) in [6.07, 6.45) is 3.64. The van der Waals surface area contributed by atoms with E-state index in [1.165, 1.54) is 0 Å². The predicted octanol–water partition coefficient (Wildman–Crippen LogP) is 1.51. The number of hydrogen-bond donors (Lipinski definition) is 1. The molecule has 1 heterocycles. The molecule has 0 saturated heterocycles. The summed E-state index contributed by atoms with van der Waals surface area (Å²) in [5.41, 5.74) is 0. The highest BCUT2D eigenvalue weighted by atomic mass is 32.2. The van der Waals surface area contributed by atoms with Crippen LogP contribution in [-0.2, 0) is 0 Å². The van der Waals surface area contributed by atoms with Crippen molar-refractivity contribution in [2.75, 3.05) is 17.3 Å². The van der Waals surface area contributed by atoms with Gasteiger partial charge in [-0.1, -0.05) is 0 Å². The first-order valence-corrected chi connectivity index (χ1v) is 5.64. The molecule has 74 valence electrons. The fraction of sp³-hybridized carbons (Fsp3) is 0.444. The van der Waals surface area contributed by atoms with E-state index in [-0.39, 0.29) is 5.82 Å². The fourth-order valence-electron chi connectivity index (χ4n) is 1.04. The Morgan fingerprint density at radius 2 is 2.50 bits per heavy atom. The first-order valence-electron chi connectivity index (χ1n) is 4.25. The molecule has 1 unspecified atom stereocenters. The summed E-state index contributed by atoms with van der Waals surface area (Å²) in [5, 5.41) is 11.8. The van der Waals surface area contributed by atoms with E-state index in [1.54, 1.807) is 24.0 Å². The van der Waals surface area contributed by atoms with Crippen molar-refractivity contribution < 1.29 is 0 Å². The van der Waals surface area contributed by atoms with Gasteiger partial charge in [-0.15, -0.1) is 0 Å². The topological polar surface area (TPSA) is 61.6 Å². The van der Waals surface area contributed by atoms with E-state index in [0.29, 0.717) is 11.9 Å². The van der Waals surface area contributed by atoms with E-state index >= 15 is 0 Å². The summed E-state index contributed by atoms with van der Waals surface area (Å²) in [6, 6.07) is 4.01. The second kappa shape index (κ2) is 5.45. The molecule has 0 radical (unpaired) electrons. The quantitative estimate of drug-likeness (QED) is 0.812. The smallest absolute Gasteiger partial charge is 0.234 e. The second-order valence-corrected chi connectivity index (χ2v) is 3.79. The molecule has 0 fully saturated rings. The molecular weight excluding hydrogens is 196 g/mol. The molecule has 4 nitrogen and oxygen atoms in total. The number of aromatic nitrogens is 2. The van der Waals surface area contributed by atoms with Gasteiger partial charge < -0.3 is 5.32 Å². The number of hydrogen-bond acceptors (Lipinski definition) is 5. The maximum atomic E-state index is 8.59. The lowest BCUT2D eigenvalue weighted by molar-refractivity contribution is 0.897. The van der Waals surface area contributed by atoms with Crippen LogP contribution in [-0.4, -0.2) is 28.0 Å². The van der Waals surface area contributed by atoms with Gasteiger partial charge in [-0.2, -0.15) is 17.0 Å². The Morgan fingerprint density at radius 1 is 1.71 bits per heavy atom. The molecule has 0 aliphatic rings. The Kier molecular flexibility index (Phi) is 4.20. The highest BCUT2D eigenvalue weighted by molar-refractivity contribution is 7.98. The monoisotopic (exact) mass is 208 g/mol. The van der Waals surface area contributed by atoms with Gasteiger partial charge >= 0.3 is 0 Å². The molecule has 5 heteroatoms. The Balaban J connectivity index is 2.63. The first kappa shape index (κ1) is 10.8. The van der Waals surface area contributed by atoms with Crippen molar-refractivity contribution in [1.29, 1.82) is 5.26 Å². The molecule has 0 aliphatic heterocycles. The average molecular weight is 208 g/mol. The van der Waals surface area contributed by atoms with Gasteiger partial charge in [-0.3, -0.25) is 0 Å². The van der Waals surface area contributed by atoms with Crippen LogP contribution >= 0.6 is 11.8 Å². The van der Waals surface area contributed by atoms with Gasteiger partial charge in [0.15, 0.2) is 0 Å². The van der Waals surface area contributed by atoms with E-state index < -0.39 is 0 Å². The third-order valence-electron chi connectivity index (χ3n) is 1.57. The molecule has 1 rings (SSSR count). The zero-order valence-corrected chi connectivity index (χ0v) is 9.01. The normalized spacial score (nSPS) is 11.8. The fourth-order valence-corrected chi connectivity index (χ4v) is 1.62. The summed E-state index contributed by atoms with van der Waals surface area (Å²) in [5.74, 6) is 1.91. The van der Waals surface area contributed by atoms with Crippen molar-refractivity contribution in [3.8, 4) is 6.07 Å². The van der Waals surface area contributed by atoms with Crippen molar-refractivity contribution in [1.82, 2.24) is 9.97 Å². The molecule has 1 aromatic heterocycles. The van der Waals surface area contributed by atoms with Gasteiger partial charge in [0.05, 0.1) is 0 Å². The molecule has 1 atom stereocenters. The summed E-state index contributed by atoms with van der Waals surface area (Å²) in [6.45, 7) is 2.07. The lowest BCUT2D eigenvalue weighted by atomic mass is 10.4. The van der Waals surface area contributed by atoms with Crippen molar-refractivity contribution >= 4 is 17.6 Å². The minimum absolute atomic E-state index is 0.200. The molecule has 14 heavy (non-hydrogen) atoms. The number of rotatable bonds is 4. The average Bonchev–Trinajstić information content (AvgIpc) is 2.18. The van der Waals surface area contributed by atoms with Crippen LogP contribution in [0.15, 0.2) is 12.3 Å². The van der Waals surface area contributed by atoms with Gasteiger partial charge in [-0.25, -0.2) is 9.97 Å². The molecule has 0 spiro atoms. The lowest BCUT2D eigenvalue weighted by Gasteiger charge is -2.12. The first-order chi connectivity index (χ1) is 6.76. The van der Waals surface area contributed by atoms with Crippen LogP contribution in [0.3, 0.4) is 0 Å². The van der Waals surface area contributed by atoms with Crippen LogP contribution in [0.1, 0.15) is 12.7 Å². The number of nitrogens with zero attached hydrogens (tertiary/aromatic N) is 3. The maximum absolute atomic E-state index is 8.59. The Bertz CT molecular complexity index is 334. The van der Waals surface area contributed by atoms with Crippen molar-refractivity contribution in [2.24, 2.45) is 0 Å². The summed E-state index contributed by atoms with van der Waals surface area (Å²) in [4.78, 5) is 7.81. The van der Waals surface area contributed by atoms with Crippen LogP contribution in [0, 0.1) is 11.3 Å². The van der Waals surface area contributed by atoms with Crippen LogP contribution in [0.5, 0.6) is 0 Å². The zero-order chi connectivity index (χ0) is 10.4. The second-order valence-electron chi connectivity index (χ2n) is 2.88. The van der Waals surface area contributed by atoms with Crippen LogP contribution in [0.2, 0.25) is 0 Å². The van der Waals surface area contributed by atoms with E-state index in [1.807, 2.05) is 6.07 Å². The lowest BCUT2D eigenvalue weighted by Crippen LogP contribution is -2.18. The van der Waals surface area contributed by atoms with Crippen LogP contribution < -0.4 is 5.32 Å². The van der Waals surface area contributed by atoms with Crippen molar-refractivity contribution in [3.63, 3.8) is 0 Å². The third kappa shape index (κ3) is 3.23. The summed E-state index contributed by atoms with van der Waals surface area (Å²) >= 11 is 1.77. The summed E-state index contributed by atoms with van der Waals surface area (Å²) < 4.78 is 0. The third-order valence-corrected chi connectivity index (χ3v) is 2.40. The number of thioether (sulfide) groups is 1. The molecule has 0 saturated carbocycles. The Labute approximate surface area is 87.8 Å². The number of nitriles is 1. The molecule has 0 aliphatic carbocycles. The highest BCUT2D eigenvalue weighted by Crippen LogP contribution is 2.06. The van der Waals surface area contributed by atoms with E-state index in [9.17, 15) is 0 Å². The van der Waals surface area contributed by atoms with Gasteiger partial charge in [0.2, 0.25) is 5.82 Å². The highest BCUT2D eigenvalue weighted by Gasteiger charge is 2.02. The molecule has 1 N–H and O–H groups in total. The van der Waals surface area contributed by atoms with Crippen molar-refractivity contribution in [2.45, 2.75) is 13.0 Å². The minimum atomic E-state index is 0.200. The van der Waals surface area contributed by atoms with E-state index in [4.69, 9.17) is 5.26 Å². The molecule has 0 amide bonds. The van der Waals surface area contributed by atoms with Crippen LogP contribution in [0.25, 0.3) is 0 Å². The number of nitrogens with one attached hydrogen (secondary N) is 1. The largest absolute Gasteiger partial charge is 0.367 e. The summed E-state index contributed by atoms with van der Waals surface area (Å²) in [7, 11) is 0. The zero-order valence-electron chi connectivity index (χ0n) is 8.19. The minimum Gasteiger partial charge on any atom is -0.367 e. The molecular formula is C9H12N4S. The van der Waals surface area contributed by atoms with E-state index in [2.05, 4.69) is 28.5 Å². The Morgan fingerprint density at radius 3 is 3.14 bits per heavy atom. The van der Waals surface area contributed by atoms with Crippen molar-refractivity contribution in [3.05, 3.63) is 18.1 Å². The van der Waals surface area contributed by atoms with Gasteiger partial charge in [0, 0.05) is 18.0 Å². The van der Waals surface area contributed by atoms with Gasteiger partial charge in [-0.05, 0) is 19.2 Å². The van der Waals surface area contributed by atoms with Gasteiger partial charge in [0.25, 0.3) is 0 Å². The maximum Gasteiger partial charge on any atom is 0.234 e. The SMILES string of the molecule is CSCC(C)Nc1ccnc(C#N)n1. The Hall–Kier alpha value is -1.28. The van der Waals surface area contributed by atoms with Gasteiger partial charge in [0.1, 0.15) is 11.9 Å². The molecule has 0 aromatic carbocycles. The van der Waals surface area contributed by atoms with E-state index in [0.717, 1.165) is 5.75 Å². The predicted molar refractivity (Wildman–Crippen MR) is 58.2 cm³/mol. The molecule has 1 aromatic rings. The molecule has 0 bridgehead atoms.